The smallest absolute Gasteiger partial charge is 0.406 e. The summed E-state index contributed by atoms with van der Waals surface area (Å²) in [5, 5.41) is 16.1. The van der Waals surface area contributed by atoms with E-state index in [9.17, 15) is 28.0 Å². The topological polar surface area (TPSA) is 162 Å². The Hall–Kier alpha value is -4.54. The van der Waals surface area contributed by atoms with Crippen LogP contribution in [0, 0.1) is 11.3 Å². The first kappa shape index (κ1) is 23.6. The fraction of sp³-hybridized carbons (Fsp3) is 0.286. The lowest BCUT2D eigenvalue weighted by Gasteiger charge is -2.17. The maximum absolute atomic E-state index is 13.0. The molecule has 2 amide bonds. The van der Waals surface area contributed by atoms with Gasteiger partial charge in [0.25, 0.3) is 11.8 Å². The number of aromatic nitrogens is 5. The Morgan fingerprint density at radius 2 is 1.94 bits per heavy atom. The molecule has 2 heterocycles. The molecule has 1 aliphatic rings. The van der Waals surface area contributed by atoms with Crippen LogP contribution in [0.4, 0.5) is 13.2 Å². The van der Waals surface area contributed by atoms with Crippen LogP contribution in [0.2, 0.25) is 0 Å². The summed E-state index contributed by atoms with van der Waals surface area (Å²) in [5.74, 6) is -1.73. The van der Waals surface area contributed by atoms with Crippen molar-refractivity contribution in [2.45, 2.75) is 37.6 Å². The second-order valence-electron chi connectivity index (χ2n) is 7.84. The third-order valence-corrected chi connectivity index (χ3v) is 5.35. The van der Waals surface area contributed by atoms with Gasteiger partial charge in [-0.15, -0.1) is 13.2 Å². The molecule has 14 heteroatoms. The number of benzene rings is 1. The predicted octanol–water partition coefficient (Wildman–Crippen LogP) is 2.10. The summed E-state index contributed by atoms with van der Waals surface area (Å²) in [7, 11) is 0. The van der Waals surface area contributed by atoms with Crippen molar-refractivity contribution in [2.75, 3.05) is 0 Å². The van der Waals surface area contributed by atoms with E-state index in [1.165, 1.54) is 23.1 Å². The zero-order valence-electron chi connectivity index (χ0n) is 18.1. The number of nitriles is 1. The highest BCUT2D eigenvalue weighted by Gasteiger charge is 2.46. The molecule has 2 aromatic heterocycles. The van der Waals surface area contributed by atoms with Gasteiger partial charge in [-0.25, -0.2) is 15.0 Å². The molecule has 3 N–H and O–H groups in total. The lowest BCUT2D eigenvalue weighted by Crippen LogP contribution is -2.29. The molecule has 180 valence electrons. The maximum Gasteiger partial charge on any atom is 0.573 e. The second kappa shape index (κ2) is 8.67. The van der Waals surface area contributed by atoms with Crippen LogP contribution in [0.25, 0.3) is 5.82 Å². The third-order valence-electron chi connectivity index (χ3n) is 5.35. The van der Waals surface area contributed by atoms with Crippen molar-refractivity contribution in [3.63, 3.8) is 0 Å². The van der Waals surface area contributed by atoms with Crippen molar-refractivity contribution < 1.29 is 27.5 Å². The number of hydrogen-bond acceptors (Lipinski definition) is 8. The number of carbonyl (C=O) groups excluding carboxylic acids is 2. The molecule has 0 aliphatic heterocycles. The molecule has 1 saturated carbocycles. The number of hydrogen-bond donors (Lipinski definition) is 2. The molecular formula is C21H17F3N8O3. The number of nitrogens with two attached hydrogens (primary N) is 1. The average molecular weight is 486 g/mol. The minimum atomic E-state index is -4.97. The third kappa shape index (κ3) is 5.03. The van der Waals surface area contributed by atoms with Gasteiger partial charge in [-0.2, -0.15) is 15.0 Å². The van der Waals surface area contributed by atoms with Crippen LogP contribution in [0.5, 0.6) is 5.75 Å². The quantitative estimate of drug-likeness (QED) is 0.513. The second-order valence-corrected chi connectivity index (χ2v) is 7.84. The number of nitrogens with one attached hydrogen (secondary N) is 1. The first-order valence-corrected chi connectivity index (χ1v) is 10.2. The van der Waals surface area contributed by atoms with Gasteiger partial charge in [0.2, 0.25) is 0 Å². The highest BCUT2D eigenvalue weighted by Crippen LogP contribution is 2.48. The molecule has 3 aromatic rings. The standard InChI is InChI=1S/C21H17F3N8O3/c1-11(18-29-10-30-32(18)16-7-15(17(26)33)27-9-28-16)31-19(34)12-4-13(20(8-25)2-3-20)6-14(5-12)35-21(22,23)24/h4-7,9-11H,2-3H2,1H3,(H2,26,33)(H,31,34)/t11-/m0/s1. The van der Waals surface area contributed by atoms with Gasteiger partial charge in [0.15, 0.2) is 11.6 Å². The lowest BCUT2D eigenvalue weighted by atomic mass is 9.95. The Morgan fingerprint density at radius 1 is 1.20 bits per heavy atom. The summed E-state index contributed by atoms with van der Waals surface area (Å²) in [4.78, 5) is 36.3. The summed E-state index contributed by atoms with van der Waals surface area (Å²) in [6.07, 6.45) is -1.73. The Balaban J connectivity index is 1.61. The van der Waals surface area contributed by atoms with E-state index in [1.54, 1.807) is 6.92 Å². The van der Waals surface area contributed by atoms with E-state index < -0.39 is 35.4 Å². The van der Waals surface area contributed by atoms with E-state index in [2.05, 4.69) is 36.2 Å². The van der Waals surface area contributed by atoms with E-state index in [0.29, 0.717) is 12.8 Å². The largest absolute Gasteiger partial charge is 0.573 e. The molecule has 1 atom stereocenters. The number of halogens is 3. The first-order valence-electron chi connectivity index (χ1n) is 10.2. The summed E-state index contributed by atoms with van der Waals surface area (Å²) in [6.45, 7) is 1.57. The minimum absolute atomic E-state index is 0.0614. The molecule has 1 aromatic carbocycles. The van der Waals surface area contributed by atoms with Gasteiger partial charge in [-0.3, -0.25) is 9.59 Å². The van der Waals surface area contributed by atoms with Crippen LogP contribution in [-0.4, -0.2) is 42.9 Å². The number of amides is 2. The first-order chi connectivity index (χ1) is 16.5. The molecule has 0 unspecified atom stereocenters. The van der Waals surface area contributed by atoms with Crippen molar-refractivity contribution in [3.05, 3.63) is 59.6 Å². The summed E-state index contributed by atoms with van der Waals surface area (Å²) in [5.41, 5.74) is 4.37. The van der Waals surface area contributed by atoms with Crippen molar-refractivity contribution in [1.29, 1.82) is 5.26 Å². The zero-order valence-corrected chi connectivity index (χ0v) is 18.1. The van der Waals surface area contributed by atoms with Gasteiger partial charge in [-0.1, -0.05) is 0 Å². The Labute approximate surface area is 195 Å². The van der Waals surface area contributed by atoms with Crippen LogP contribution in [0.15, 0.2) is 36.9 Å². The molecule has 0 bridgehead atoms. The summed E-state index contributed by atoms with van der Waals surface area (Å²) < 4.78 is 43.8. The van der Waals surface area contributed by atoms with E-state index in [4.69, 9.17) is 5.73 Å². The highest BCUT2D eigenvalue weighted by molar-refractivity contribution is 5.95. The van der Waals surface area contributed by atoms with Crippen LogP contribution >= 0.6 is 0 Å². The number of carbonyl (C=O) groups is 2. The number of ether oxygens (including phenoxy) is 1. The molecule has 4 rings (SSSR count). The monoisotopic (exact) mass is 486 g/mol. The number of rotatable bonds is 7. The van der Waals surface area contributed by atoms with E-state index in [-0.39, 0.29) is 28.5 Å². The summed E-state index contributed by atoms with van der Waals surface area (Å²) >= 11 is 0. The van der Waals surface area contributed by atoms with Crippen LogP contribution < -0.4 is 15.8 Å². The Morgan fingerprint density at radius 3 is 2.57 bits per heavy atom. The summed E-state index contributed by atoms with van der Waals surface area (Å²) in [6, 6.07) is 6.02. The fourth-order valence-electron chi connectivity index (χ4n) is 3.45. The number of alkyl halides is 3. The van der Waals surface area contributed by atoms with Crippen LogP contribution in [-0.2, 0) is 5.41 Å². The molecule has 1 aliphatic carbocycles. The van der Waals surface area contributed by atoms with Crippen molar-refractivity contribution in [3.8, 4) is 17.6 Å². The molecule has 0 saturated heterocycles. The average Bonchev–Trinajstić information content (AvgIpc) is 3.45. The zero-order chi connectivity index (χ0) is 25.4. The minimum Gasteiger partial charge on any atom is -0.406 e. The Bertz CT molecular complexity index is 1340. The predicted molar refractivity (Wildman–Crippen MR) is 111 cm³/mol. The van der Waals surface area contributed by atoms with Gasteiger partial charge in [0.05, 0.1) is 17.5 Å². The van der Waals surface area contributed by atoms with Gasteiger partial charge in [0, 0.05) is 11.6 Å². The van der Waals surface area contributed by atoms with Gasteiger partial charge in [0.1, 0.15) is 24.1 Å². The van der Waals surface area contributed by atoms with E-state index in [0.717, 1.165) is 18.5 Å². The van der Waals surface area contributed by atoms with Crippen molar-refractivity contribution in [2.24, 2.45) is 5.73 Å². The lowest BCUT2D eigenvalue weighted by molar-refractivity contribution is -0.274. The van der Waals surface area contributed by atoms with Gasteiger partial charge in [-0.05, 0) is 43.5 Å². The van der Waals surface area contributed by atoms with Crippen molar-refractivity contribution >= 4 is 11.8 Å². The fourth-order valence-corrected chi connectivity index (χ4v) is 3.45. The number of primary amides is 1. The van der Waals surface area contributed by atoms with Crippen molar-refractivity contribution in [1.82, 2.24) is 30.0 Å². The molecule has 0 spiro atoms. The van der Waals surface area contributed by atoms with Gasteiger partial charge < -0.3 is 15.8 Å². The van der Waals surface area contributed by atoms with Gasteiger partial charge >= 0.3 is 6.36 Å². The molecule has 35 heavy (non-hydrogen) atoms. The molecular weight excluding hydrogens is 469 g/mol. The van der Waals surface area contributed by atoms with Crippen LogP contribution in [0.3, 0.4) is 0 Å². The molecule has 0 radical (unpaired) electrons. The van der Waals surface area contributed by atoms with Crippen LogP contribution in [0.1, 0.15) is 58.0 Å². The maximum atomic E-state index is 13.0. The highest BCUT2D eigenvalue weighted by atomic mass is 19.4. The Kier molecular flexibility index (Phi) is 5.85. The molecule has 11 nitrogen and oxygen atoms in total. The van der Waals surface area contributed by atoms with E-state index >= 15 is 0 Å². The number of nitrogens with zero attached hydrogens (tertiary/aromatic N) is 6. The van der Waals surface area contributed by atoms with E-state index in [1.807, 2.05) is 0 Å². The SMILES string of the molecule is C[C@H](NC(=O)c1cc(OC(F)(F)F)cc(C2(C#N)CC2)c1)c1ncnn1-c1cc(C(N)=O)ncn1. The molecule has 1 fully saturated rings. The normalized spacial score (nSPS) is 15.1.